The van der Waals surface area contributed by atoms with Crippen LogP contribution in [0, 0.1) is 0 Å². The molecule has 1 saturated heterocycles. The summed E-state index contributed by atoms with van der Waals surface area (Å²) in [5.41, 5.74) is 1.13. The van der Waals surface area contributed by atoms with Crippen molar-refractivity contribution in [2.45, 2.75) is 24.4 Å². The van der Waals surface area contributed by atoms with Gasteiger partial charge in [-0.1, -0.05) is 11.6 Å². The van der Waals surface area contributed by atoms with E-state index < -0.39 is 11.7 Å². The Morgan fingerprint density at radius 2 is 1.71 bits per heavy atom. The molecule has 1 aromatic carbocycles. The first kappa shape index (κ1) is 11.4. The summed E-state index contributed by atoms with van der Waals surface area (Å²) in [6, 6.07) is 2.76. The van der Waals surface area contributed by atoms with Crippen molar-refractivity contribution < 1.29 is 13.2 Å². The Bertz CT molecular complexity index is 470. The van der Waals surface area contributed by atoms with E-state index in [0.29, 0.717) is 5.92 Å². The highest BCUT2D eigenvalue weighted by Crippen LogP contribution is 2.47. The van der Waals surface area contributed by atoms with Gasteiger partial charge in [0.2, 0.25) is 0 Å². The molecule has 2 bridgehead atoms. The van der Waals surface area contributed by atoms with Crippen LogP contribution in [-0.4, -0.2) is 13.1 Å². The highest BCUT2D eigenvalue weighted by molar-refractivity contribution is 6.31. The van der Waals surface area contributed by atoms with Crippen LogP contribution in [0.15, 0.2) is 12.1 Å². The average molecular weight is 262 g/mol. The van der Waals surface area contributed by atoms with Crippen molar-refractivity contribution >= 4 is 11.6 Å². The maximum absolute atomic E-state index is 12.8. The minimum Gasteiger partial charge on any atom is -0.316 e. The van der Waals surface area contributed by atoms with Crippen molar-refractivity contribution in [3.05, 3.63) is 33.8 Å². The molecule has 1 N–H and O–H groups in total. The van der Waals surface area contributed by atoms with E-state index in [0.717, 1.165) is 30.6 Å². The van der Waals surface area contributed by atoms with Gasteiger partial charge in [0, 0.05) is 13.1 Å². The molecule has 1 heterocycles. The molecule has 5 heteroatoms. The summed E-state index contributed by atoms with van der Waals surface area (Å²) >= 11 is 5.74. The Balaban J connectivity index is 2.14. The van der Waals surface area contributed by atoms with E-state index in [2.05, 4.69) is 5.32 Å². The predicted molar refractivity (Wildman–Crippen MR) is 59.4 cm³/mol. The van der Waals surface area contributed by atoms with Crippen molar-refractivity contribution in [1.29, 1.82) is 0 Å². The first-order valence-corrected chi connectivity index (χ1v) is 5.96. The van der Waals surface area contributed by atoms with Crippen LogP contribution in [0.1, 0.15) is 34.9 Å². The summed E-state index contributed by atoms with van der Waals surface area (Å²) < 4.78 is 38.3. The number of alkyl halides is 3. The van der Waals surface area contributed by atoms with Gasteiger partial charge in [0.25, 0.3) is 0 Å². The fourth-order valence-electron chi connectivity index (χ4n) is 2.95. The highest BCUT2D eigenvalue weighted by atomic mass is 35.5. The zero-order chi connectivity index (χ0) is 12.2. The molecular formula is C12H11ClF3N. The monoisotopic (exact) mass is 261 g/mol. The van der Waals surface area contributed by atoms with E-state index in [1.54, 1.807) is 0 Å². The fourth-order valence-corrected chi connectivity index (χ4v) is 3.22. The van der Waals surface area contributed by atoms with Gasteiger partial charge in [0.1, 0.15) is 0 Å². The van der Waals surface area contributed by atoms with Gasteiger partial charge >= 0.3 is 6.18 Å². The van der Waals surface area contributed by atoms with Gasteiger partial charge in [-0.05, 0) is 41.5 Å². The lowest BCUT2D eigenvalue weighted by Crippen LogP contribution is -2.28. The number of piperidine rings is 1. The summed E-state index contributed by atoms with van der Waals surface area (Å²) in [7, 11) is 0. The molecule has 1 aliphatic carbocycles. The number of benzene rings is 1. The molecule has 1 aromatic rings. The molecule has 0 saturated carbocycles. The van der Waals surface area contributed by atoms with Crippen LogP contribution in [0.4, 0.5) is 13.2 Å². The number of fused-ring (bicyclic) bond motifs is 5. The van der Waals surface area contributed by atoms with Crippen molar-refractivity contribution in [2.24, 2.45) is 0 Å². The van der Waals surface area contributed by atoms with Crippen molar-refractivity contribution in [3.63, 3.8) is 0 Å². The van der Waals surface area contributed by atoms with Gasteiger partial charge in [-0.25, -0.2) is 0 Å². The van der Waals surface area contributed by atoms with E-state index >= 15 is 0 Å². The summed E-state index contributed by atoms with van der Waals surface area (Å²) in [6.45, 7) is 1.60. The lowest BCUT2D eigenvalue weighted by molar-refractivity contribution is -0.137. The average Bonchev–Trinajstić information content (AvgIpc) is 2.48. The molecule has 1 nitrogen and oxygen atoms in total. The van der Waals surface area contributed by atoms with Gasteiger partial charge in [-0.3, -0.25) is 0 Å². The SMILES string of the molecule is FC(F)(F)c1cc2c(cc1Cl)C1CNCC2C1. The topological polar surface area (TPSA) is 12.0 Å². The third kappa shape index (κ3) is 1.74. The van der Waals surface area contributed by atoms with E-state index in [9.17, 15) is 13.2 Å². The smallest absolute Gasteiger partial charge is 0.316 e. The quantitative estimate of drug-likeness (QED) is 0.753. The third-order valence-electron chi connectivity index (χ3n) is 3.71. The number of hydrogen-bond donors (Lipinski definition) is 1. The molecule has 2 atom stereocenters. The zero-order valence-electron chi connectivity index (χ0n) is 8.94. The van der Waals surface area contributed by atoms with E-state index in [1.165, 1.54) is 12.1 Å². The first-order chi connectivity index (χ1) is 7.97. The molecule has 17 heavy (non-hydrogen) atoms. The van der Waals surface area contributed by atoms with Crippen molar-refractivity contribution in [3.8, 4) is 0 Å². The maximum atomic E-state index is 12.8. The highest BCUT2D eigenvalue weighted by Gasteiger charge is 2.39. The van der Waals surface area contributed by atoms with Gasteiger partial charge in [-0.15, -0.1) is 0 Å². The molecule has 1 fully saturated rings. The zero-order valence-corrected chi connectivity index (χ0v) is 9.70. The first-order valence-electron chi connectivity index (χ1n) is 5.58. The number of rotatable bonds is 0. The second-order valence-electron chi connectivity index (χ2n) is 4.75. The van der Waals surface area contributed by atoms with Crippen molar-refractivity contribution in [1.82, 2.24) is 5.32 Å². The molecule has 92 valence electrons. The summed E-state index contributed by atoms with van der Waals surface area (Å²) in [5.74, 6) is 0.533. The normalized spacial score (nSPS) is 27.1. The Labute approximate surface area is 102 Å². The largest absolute Gasteiger partial charge is 0.417 e. The molecule has 1 aliphatic heterocycles. The molecule has 0 amide bonds. The minimum absolute atomic E-state index is 0.177. The molecular weight excluding hydrogens is 251 g/mol. The second-order valence-corrected chi connectivity index (χ2v) is 5.15. The number of nitrogens with one attached hydrogen (secondary N) is 1. The standard InChI is InChI=1S/C12H11ClF3N/c13-11-3-9-7-1-6(4-17-5-7)8(9)2-10(11)12(14,15)16/h2-3,6-7,17H,1,4-5H2. The van der Waals surface area contributed by atoms with Crippen LogP contribution in [0.25, 0.3) is 0 Å². The molecule has 0 aromatic heterocycles. The maximum Gasteiger partial charge on any atom is 0.417 e. The third-order valence-corrected chi connectivity index (χ3v) is 4.02. The summed E-state index contributed by atoms with van der Waals surface area (Å²) in [5, 5.41) is 3.07. The van der Waals surface area contributed by atoms with Crippen LogP contribution in [-0.2, 0) is 6.18 Å². The van der Waals surface area contributed by atoms with Gasteiger partial charge in [0.05, 0.1) is 10.6 Å². The summed E-state index contributed by atoms with van der Waals surface area (Å²) in [4.78, 5) is 0. The van der Waals surface area contributed by atoms with Gasteiger partial charge in [-0.2, -0.15) is 13.2 Å². The summed E-state index contributed by atoms with van der Waals surface area (Å²) in [6.07, 6.45) is -3.42. The van der Waals surface area contributed by atoms with E-state index in [4.69, 9.17) is 11.6 Å². The second kappa shape index (κ2) is 3.62. The number of halogens is 4. The number of hydrogen-bond acceptors (Lipinski definition) is 1. The van der Waals surface area contributed by atoms with E-state index in [-0.39, 0.29) is 10.9 Å². The Morgan fingerprint density at radius 1 is 1.12 bits per heavy atom. The van der Waals surface area contributed by atoms with Crippen LogP contribution < -0.4 is 5.32 Å². The molecule has 2 aliphatic rings. The Hall–Kier alpha value is -0.740. The lowest BCUT2D eigenvalue weighted by atomic mass is 9.98. The molecule has 0 radical (unpaired) electrons. The molecule has 2 unspecified atom stereocenters. The van der Waals surface area contributed by atoms with Gasteiger partial charge < -0.3 is 5.32 Å². The van der Waals surface area contributed by atoms with E-state index in [1.807, 2.05) is 0 Å². The van der Waals surface area contributed by atoms with Crippen molar-refractivity contribution in [2.75, 3.05) is 13.1 Å². The van der Waals surface area contributed by atoms with Crippen LogP contribution in [0.3, 0.4) is 0 Å². The van der Waals surface area contributed by atoms with Crippen LogP contribution in [0.2, 0.25) is 5.02 Å². The molecule has 3 rings (SSSR count). The molecule has 0 spiro atoms. The van der Waals surface area contributed by atoms with Crippen LogP contribution >= 0.6 is 11.6 Å². The lowest BCUT2D eigenvalue weighted by Gasteiger charge is -2.19. The Morgan fingerprint density at radius 3 is 2.29 bits per heavy atom. The van der Waals surface area contributed by atoms with Gasteiger partial charge in [0.15, 0.2) is 0 Å². The predicted octanol–water partition coefficient (Wildman–Crippen LogP) is 3.53. The minimum atomic E-state index is -4.36. The fraction of sp³-hybridized carbons (Fsp3) is 0.500. The Kier molecular flexibility index (Phi) is 2.42. The van der Waals surface area contributed by atoms with Crippen LogP contribution in [0.5, 0.6) is 0 Å².